The van der Waals surface area contributed by atoms with Crippen LogP contribution in [0.2, 0.25) is 0 Å². The first-order chi connectivity index (χ1) is 9.08. The molecule has 0 aromatic heterocycles. The van der Waals surface area contributed by atoms with Gasteiger partial charge in [0.25, 0.3) is 0 Å². The van der Waals surface area contributed by atoms with Crippen molar-refractivity contribution in [1.82, 2.24) is 0 Å². The monoisotopic (exact) mass is 269 g/mol. The number of hydrogen-bond acceptors (Lipinski definition) is 5. The van der Waals surface area contributed by atoms with Gasteiger partial charge in [-0.1, -0.05) is 0 Å². The van der Waals surface area contributed by atoms with Crippen LogP contribution in [0.4, 0.5) is 5.69 Å². The molecule has 108 valence electrons. The zero-order valence-electron chi connectivity index (χ0n) is 12.0. The molecule has 0 spiro atoms. The lowest BCUT2D eigenvalue weighted by atomic mass is 10.1. The summed E-state index contributed by atoms with van der Waals surface area (Å²) in [6.45, 7) is 3.89. The molecule has 1 aromatic rings. The van der Waals surface area contributed by atoms with E-state index >= 15 is 0 Å². The Hall–Kier alpha value is -1.46. The van der Waals surface area contributed by atoms with Crippen LogP contribution in [0, 0.1) is 13.8 Å². The number of benzene rings is 1. The van der Waals surface area contributed by atoms with Crippen molar-refractivity contribution in [3.05, 3.63) is 17.2 Å². The molecule has 0 heterocycles. The fourth-order valence-corrected chi connectivity index (χ4v) is 2.03. The van der Waals surface area contributed by atoms with E-state index in [4.69, 9.17) is 14.6 Å². The highest BCUT2D eigenvalue weighted by atomic mass is 16.5. The molecule has 0 bridgehead atoms. The van der Waals surface area contributed by atoms with Crippen molar-refractivity contribution >= 4 is 5.69 Å². The number of anilines is 1. The van der Waals surface area contributed by atoms with Crippen LogP contribution >= 0.6 is 0 Å². The van der Waals surface area contributed by atoms with Gasteiger partial charge in [-0.2, -0.15) is 0 Å². The molecule has 0 saturated carbocycles. The van der Waals surface area contributed by atoms with E-state index < -0.39 is 0 Å². The average Bonchev–Trinajstić information content (AvgIpc) is 2.42. The Morgan fingerprint density at radius 1 is 1.16 bits per heavy atom. The molecule has 0 amide bonds. The third-order valence-corrected chi connectivity index (χ3v) is 3.27. The van der Waals surface area contributed by atoms with E-state index in [1.165, 1.54) is 0 Å². The van der Waals surface area contributed by atoms with Crippen molar-refractivity contribution in [3.63, 3.8) is 0 Å². The van der Waals surface area contributed by atoms with E-state index in [-0.39, 0.29) is 19.3 Å². The highest BCUT2D eigenvalue weighted by Gasteiger charge is 2.16. The Labute approximate surface area is 114 Å². The number of aliphatic hydroxyl groups is 2. The van der Waals surface area contributed by atoms with Gasteiger partial charge in [-0.25, -0.2) is 0 Å². The third kappa shape index (κ3) is 3.52. The average molecular weight is 269 g/mol. The number of methoxy groups -OCH3 is 2. The van der Waals surface area contributed by atoms with Crippen LogP contribution in [0.3, 0.4) is 0 Å². The first kappa shape index (κ1) is 15.6. The second kappa shape index (κ2) is 7.21. The molecule has 5 nitrogen and oxygen atoms in total. The Bertz CT molecular complexity index is 420. The van der Waals surface area contributed by atoms with Crippen molar-refractivity contribution in [2.45, 2.75) is 26.3 Å². The molecule has 0 aliphatic carbocycles. The van der Waals surface area contributed by atoms with Gasteiger partial charge in [0, 0.05) is 12.7 Å². The normalized spacial score (nSPS) is 12.1. The van der Waals surface area contributed by atoms with Crippen LogP contribution in [-0.4, -0.2) is 43.7 Å². The lowest BCUT2D eigenvalue weighted by Gasteiger charge is -2.22. The van der Waals surface area contributed by atoms with Gasteiger partial charge in [0.2, 0.25) is 0 Å². The smallest absolute Gasteiger partial charge is 0.145 e. The molecule has 19 heavy (non-hydrogen) atoms. The summed E-state index contributed by atoms with van der Waals surface area (Å²) in [7, 11) is 3.23. The van der Waals surface area contributed by atoms with Gasteiger partial charge < -0.3 is 25.0 Å². The summed E-state index contributed by atoms with van der Waals surface area (Å²) in [4.78, 5) is 0. The first-order valence-electron chi connectivity index (χ1n) is 6.29. The third-order valence-electron chi connectivity index (χ3n) is 3.27. The van der Waals surface area contributed by atoms with E-state index in [0.717, 1.165) is 28.3 Å². The fourth-order valence-electron chi connectivity index (χ4n) is 2.03. The van der Waals surface area contributed by atoms with Gasteiger partial charge in [-0.15, -0.1) is 0 Å². The zero-order valence-corrected chi connectivity index (χ0v) is 12.0. The molecule has 3 N–H and O–H groups in total. The molecule has 0 fully saturated rings. The highest BCUT2D eigenvalue weighted by Crippen LogP contribution is 2.37. The van der Waals surface area contributed by atoms with Crippen molar-refractivity contribution in [3.8, 4) is 11.5 Å². The second-order valence-electron chi connectivity index (χ2n) is 4.45. The zero-order chi connectivity index (χ0) is 14.4. The Morgan fingerprint density at radius 2 is 1.84 bits per heavy atom. The maximum Gasteiger partial charge on any atom is 0.145 e. The lowest BCUT2D eigenvalue weighted by molar-refractivity contribution is 0.228. The maximum atomic E-state index is 9.29. The summed E-state index contributed by atoms with van der Waals surface area (Å²) >= 11 is 0. The summed E-state index contributed by atoms with van der Waals surface area (Å²) in [6, 6.07) is 1.63. The maximum absolute atomic E-state index is 9.29. The lowest BCUT2D eigenvalue weighted by Crippen LogP contribution is -2.25. The topological polar surface area (TPSA) is 71.0 Å². The van der Waals surface area contributed by atoms with E-state index in [1.807, 2.05) is 19.9 Å². The van der Waals surface area contributed by atoms with Gasteiger partial charge in [0.05, 0.1) is 32.6 Å². The van der Waals surface area contributed by atoms with Crippen LogP contribution in [0.25, 0.3) is 0 Å². The summed E-state index contributed by atoms with van der Waals surface area (Å²) in [6.07, 6.45) is 0.467. The highest BCUT2D eigenvalue weighted by molar-refractivity contribution is 5.66. The molecule has 1 aromatic carbocycles. The molecule has 0 aliphatic heterocycles. The molecule has 0 saturated heterocycles. The van der Waals surface area contributed by atoms with Crippen molar-refractivity contribution in [2.24, 2.45) is 0 Å². The van der Waals surface area contributed by atoms with Crippen LogP contribution in [0.5, 0.6) is 11.5 Å². The first-order valence-corrected chi connectivity index (χ1v) is 6.29. The molecular weight excluding hydrogens is 246 g/mol. The largest absolute Gasteiger partial charge is 0.496 e. The predicted molar refractivity (Wildman–Crippen MR) is 75.2 cm³/mol. The van der Waals surface area contributed by atoms with E-state index in [9.17, 15) is 5.11 Å². The number of ether oxygens (including phenoxy) is 2. The van der Waals surface area contributed by atoms with Gasteiger partial charge in [-0.3, -0.25) is 0 Å². The van der Waals surface area contributed by atoms with E-state index in [0.29, 0.717) is 6.42 Å². The van der Waals surface area contributed by atoms with Crippen LogP contribution in [-0.2, 0) is 0 Å². The summed E-state index contributed by atoms with van der Waals surface area (Å²) in [5.41, 5.74) is 2.77. The number of nitrogens with one attached hydrogen (secondary N) is 1. The molecule has 0 radical (unpaired) electrons. The minimum Gasteiger partial charge on any atom is -0.496 e. The van der Waals surface area contributed by atoms with Crippen LogP contribution in [0.1, 0.15) is 17.5 Å². The Balaban J connectivity index is 3.14. The van der Waals surface area contributed by atoms with Gasteiger partial charge in [0.15, 0.2) is 0 Å². The van der Waals surface area contributed by atoms with E-state index in [2.05, 4.69) is 5.32 Å². The molecule has 1 rings (SSSR count). The summed E-state index contributed by atoms with van der Waals surface area (Å²) in [5.74, 6) is 1.50. The molecule has 0 aliphatic rings. The van der Waals surface area contributed by atoms with Crippen LogP contribution < -0.4 is 14.8 Å². The van der Waals surface area contributed by atoms with Gasteiger partial charge in [-0.05, 0) is 31.4 Å². The predicted octanol–water partition coefficient (Wildman–Crippen LogP) is 1.48. The number of rotatable bonds is 7. The quantitative estimate of drug-likeness (QED) is 0.699. The van der Waals surface area contributed by atoms with E-state index in [1.54, 1.807) is 14.2 Å². The van der Waals surface area contributed by atoms with Crippen molar-refractivity contribution < 1.29 is 19.7 Å². The Kier molecular flexibility index (Phi) is 5.92. The van der Waals surface area contributed by atoms with Gasteiger partial charge in [0.1, 0.15) is 11.5 Å². The summed E-state index contributed by atoms with van der Waals surface area (Å²) in [5, 5.41) is 21.4. The van der Waals surface area contributed by atoms with Gasteiger partial charge >= 0.3 is 0 Å². The molecule has 1 atom stereocenters. The van der Waals surface area contributed by atoms with Crippen LogP contribution in [0.15, 0.2) is 6.07 Å². The number of aliphatic hydroxyl groups excluding tert-OH is 2. The minimum absolute atomic E-state index is 0.0164. The molecule has 5 heteroatoms. The summed E-state index contributed by atoms with van der Waals surface area (Å²) < 4.78 is 10.8. The number of hydrogen-bond donors (Lipinski definition) is 3. The molecule has 1 unspecified atom stereocenters. The Morgan fingerprint density at radius 3 is 2.32 bits per heavy atom. The molecular formula is C14H23NO4. The SMILES string of the molecule is COc1cc(NC(CO)CCO)c(OC)c(C)c1C. The fraction of sp³-hybridized carbons (Fsp3) is 0.571. The second-order valence-corrected chi connectivity index (χ2v) is 4.45. The standard InChI is InChI=1S/C14H23NO4/c1-9-10(2)14(19-4)12(7-13(9)18-3)15-11(8-17)5-6-16/h7,11,15-17H,5-6,8H2,1-4H3. The minimum atomic E-state index is -0.217. The van der Waals surface area contributed by atoms with Crippen molar-refractivity contribution in [1.29, 1.82) is 0 Å². The van der Waals surface area contributed by atoms with Crippen molar-refractivity contribution in [2.75, 3.05) is 32.8 Å².